The van der Waals surface area contributed by atoms with E-state index in [1.54, 1.807) is 18.2 Å². The van der Waals surface area contributed by atoms with E-state index in [0.717, 1.165) is 16.9 Å². The molecule has 4 heteroatoms. The van der Waals surface area contributed by atoms with E-state index >= 15 is 0 Å². The van der Waals surface area contributed by atoms with E-state index < -0.39 is 0 Å². The van der Waals surface area contributed by atoms with E-state index in [4.69, 9.17) is 27.9 Å². The molecule has 0 saturated heterocycles. The highest BCUT2D eigenvalue weighted by Crippen LogP contribution is 2.29. The van der Waals surface area contributed by atoms with E-state index in [-0.39, 0.29) is 18.1 Å². The summed E-state index contributed by atoms with van der Waals surface area (Å²) in [5.74, 6) is 0.881. The van der Waals surface area contributed by atoms with Gasteiger partial charge in [-0.05, 0) is 41.8 Å². The normalized spacial score (nSPS) is 17.0. The standard InChI is InChI=1S/C17H14Cl2O2/c18-14-5-6-15(19)12(8-14)9-16(20)13-7-11-3-1-2-4-17(11)21-10-13/h1-6,8,13H,7,9-10H2. The molecule has 2 aromatic carbocycles. The first kappa shape index (κ1) is 14.4. The van der Waals surface area contributed by atoms with Crippen LogP contribution in [-0.4, -0.2) is 12.4 Å². The summed E-state index contributed by atoms with van der Waals surface area (Å²) in [5.41, 5.74) is 1.85. The van der Waals surface area contributed by atoms with Crippen LogP contribution in [0.2, 0.25) is 10.0 Å². The summed E-state index contributed by atoms with van der Waals surface area (Å²) in [6.45, 7) is 0.425. The predicted molar refractivity (Wildman–Crippen MR) is 84.3 cm³/mol. The van der Waals surface area contributed by atoms with E-state index in [2.05, 4.69) is 0 Å². The smallest absolute Gasteiger partial charge is 0.144 e. The van der Waals surface area contributed by atoms with Crippen molar-refractivity contribution in [1.29, 1.82) is 0 Å². The van der Waals surface area contributed by atoms with Crippen LogP contribution >= 0.6 is 23.2 Å². The van der Waals surface area contributed by atoms with E-state index in [1.807, 2.05) is 24.3 Å². The molecule has 0 N–H and O–H groups in total. The number of halogens is 2. The Balaban J connectivity index is 1.74. The average molecular weight is 321 g/mol. The van der Waals surface area contributed by atoms with Crippen molar-refractivity contribution in [2.45, 2.75) is 12.8 Å². The fourth-order valence-electron chi connectivity index (χ4n) is 2.55. The van der Waals surface area contributed by atoms with Gasteiger partial charge in [-0.3, -0.25) is 4.79 Å². The molecule has 0 saturated carbocycles. The van der Waals surface area contributed by atoms with E-state index in [0.29, 0.717) is 23.1 Å². The number of rotatable bonds is 3. The lowest BCUT2D eigenvalue weighted by atomic mass is 9.90. The summed E-state index contributed by atoms with van der Waals surface area (Å²) in [6, 6.07) is 13.0. The molecule has 0 amide bonds. The van der Waals surface area contributed by atoms with Crippen molar-refractivity contribution in [1.82, 2.24) is 0 Å². The van der Waals surface area contributed by atoms with E-state index in [1.165, 1.54) is 0 Å². The molecule has 1 atom stereocenters. The highest BCUT2D eigenvalue weighted by atomic mass is 35.5. The molecular formula is C17H14Cl2O2. The van der Waals surface area contributed by atoms with Gasteiger partial charge >= 0.3 is 0 Å². The molecule has 0 aliphatic carbocycles. The molecule has 2 aromatic rings. The van der Waals surface area contributed by atoms with Crippen LogP contribution in [0.1, 0.15) is 11.1 Å². The molecule has 0 spiro atoms. The van der Waals surface area contributed by atoms with Gasteiger partial charge in [-0.25, -0.2) is 0 Å². The zero-order chi connectivity index (χ0) is 14.8. The fraction of sp³-hybridized carbons (Fsp3) is 0.235. The Morgan fingerprint density at radius 2 is 2.00 bits per heavy atom. The molecule has 3 rings (SSSR count). The first-order chi connectivity index (χ1) is 10.1. The van der Waals surface area contributed by atoms with Gasteiger partial charge in [0.1, 0.15) is 11.5 Å². The lowest BCUT2D eigenvalue weighted by molar-refractivity contribution is -0.123. The SMILES string of the molecule is O=C(Cc1cc(Cl)ccc1Cl)C1COc2ccccc2C1. The first-order valence-electron chi connectivity index (χ1n) is 6.81. The molecule has 1 aliphatic heterocycles. The Morgan fingerprint density at radius 1 is 1.19 bits per heavy atom. The third-order valence-corrected chi connectivity index (χ3v) is 4.31. The molecule has 1 unspecified atom stereocenters. The molecule has 0 bridgehead atoms. The van der Waals surface area contributed by atoms with Crippen molar-refractivity contribution in [2.24, 2.45) is 5.92 Å². The van der Waals surface area contributed by atoms with Crippen molar-refractivity contribution in [3.63, 3.8) is 0 Å². The van der Waals surface area contributed by atoms with Gasteiger partial charge in [-0.15, -0.1) is 0 Å². The maximum Gasteiger partial charge on any atom is 0.144 e. The Morgan fingerprint density at radius 3 is 2.86 bits per heavy atom. The number of benzene rings is 2. The minimum absolute atomic E-state index is 0.130. The lowest BCUT2D eigenvalue weighted by Gasteiger charge is -2.24. The summed E-state index contributed by atoms with van der Waals surface area (Å²) < 4.78 is 5.67. The van der Waals surface area contributed by atoms with Gasteiger partial charge in [0.05, 0.1) is 12.5 Å². The number of Topliss-reactive ketones (excluding diaryl/α,β-unsaturated/α-hetero) is 1. The molecule has 108 valence electrons. The van der Waals surface area contributed by atoms with Gasteiger partial charge < -0.3 is 4.74 Å². The third-order valence-electron chi connectivity index (χ3n) is 3.71. The van der Waals surface area contributed by atoms with Crippen LogP contribution in [0.3, 0.4) is 0 Å². The molecule has 0 fully saturated rings. The van der Waals surface area contributed by atoms with Crippen LogP contribution in [0.15, 0.2) is 42.5 Å². The van der Waals surface area contributed by atoms with Crippen LogP contribution in [0.4, 0.5) is 0 Å². The second-order valence-electron chi connectivity index (χ2n) is 5.20. The number of fused-ring (bicyclic) bond motifs is 1. The fourth-order valence-corrected chi connectivity index (χ4v) is 2.92. The topological polar surface area (TPSA) is 26.3 Å². The zero-order valence-corrected chi connectivity index (χ0v) is 12.8. The van der Waals surface area contributed by atoms with Crippen LogP contribution in [0.25, 0.3) is 0 Å². The number of para-hydroxylation sites is 1. The van der Waals surface area contributed by atoms with Crippen molar-refractivity contribution in [2.75, 3.05) is 6.61 Å². The second kappa shape index (κ2) is 6.08. The third kappa shape index (κ3) is 3.22. The van der Waals surface area contributed by atoms with Crippen LogP contribution in [0.5, 0.6) is 5.75 Å². The average Bonchev–Trinajstić information content (AvgIpc) is 2.50. The molecule has 0 radical (unpaired) electrons. The molecular weight excluding hydrogens is 307 g/mol. The predicted octanol–water partition coefficient (Wildman–Crippen LogP) is 4.36. The molecule has 21 heavy (non-hydrogen) atoms. The summed E-state index contributed by atoms with van der Waals surface area (Å²) in [6.07, 6.45) is 1.00. The number of ketones is 1. The largest absolute Gasteiger partial charge is 0.493 e. The number of carbonyl (C=O) groups is 1. The van der Waals surface area contributed by atoms with Crippen molar-refractivity contribution >= 4 is 29.0 Å². The van der Waals surface area contributed by atoms with Crippen molar-refractivity contribution in [3.8, 4) is 5.75 Å². The Hall–Kier alpha value is -1.51. The minimum atomic E-state index is -0.130. The second-order valence-corrected chi connectivity index (χ2v) is 6.04. The van der Waals surface area contributed by atoms with Gasteiger partial charge in [-0.2, -0.15) is 0 Å². The zero-order valence-electron chi connectivity index (χ0n) is 11.3. The summed E-state index contributed by atoms with van der Waals surface area (Å²) >= 11 is 12.1. The summed E-state index contributed by atoms with van der Waals surface area (Å²) in [5, 5.41) is 1.16. The van der Waals surface area contributed by atoms with Gasteiger partial charge in [0, 0.05) is 16.5 Å². The van der Waals surface area contributed by atoms with Crippen molar-refractivity contribution < 1.29 is 9.53 Å². The minimum Gasteiger partial charge on any atom is -0.493 e. The molecule has 1 aliphatic rings. The van der Waals surface area contributed by atoms with Gasteiger partial charge in [0.15, 0.2) is 0 Å². The number of hydrogen-bond acceptors (Lipinski definition) is 2. The van der Waals surface area contributed by atoms with Crippen LogP contribution in [-0.2, 0) is 17.6 Å². The van der Waals surface area contributed by atoms with Gasteiger partial charge in [0.25, 0.3) is 0 Å². The maximum atomic E-state index is 12.5. The highest BCUT2D eigenvalue weighted by molar-refractivity contribution is 6.33. The van der Waals surface area contributed by atoms with E-state index in [9.17, 15) is 4.79 Å². The molecule has 0 aromatic heterocycles. The monoisotopic (exact) mass is 320 g/mol. The van der Waals surface area contributed by atoms with Gasteiger partial charge in [0.2, 0.25) is 0 Å². The van der Waals surface area contributed by atoms with Crippen LogP contribution < -0.4 is 4.74 Å². The summed E-state index contributed by atoms with van der Waals surface area (Å²) in [4.78, 5) is 12.5. The summed E-state index contributed by atoms with van der Waals surface area (Å²) in [7, 11) is 0. The Kier molecular flexibility index (Phi) is 4.18. The highest BCUT2D eigenvalue weighted by Gasteiger charge is 2.26. The number of hydrogen-bond donors (Lipinski definition) is 0. The molecule has 2 nitrogen and oxygen atoms in total. The number of ether oxygens (including phenoxy) is 1. The maximum absolute atomic E-state index is 12.5. The van der Waals surface area contributed by atoms with Crippen molar-refractivity contribution in [3.05, 3.63) is 63.6 Å². The molecule has 1 heterocycles. The Labute approximate surface area is 133 Å². The lowest BCUT2D eigenvalue weighted by Crippen LogP contribution is -2.29. The first-order valence-corrected chi connectivity index (χ1v) is 7.56. The van der Waals surface area contributed by atoms with Gasteiger partial charge in [-0.1, -0.05) is 41.4 Å². The van der Waals surface area contributed by atoms with Crippen LogP contribution in [0, 0.1) is 5.92 Å². The number of carbonyl (C=O) groups excluding carboxylic acids is 1. The quantitative estimate of drug-likeness (QED) is 0.840. The Bertz CT molecular complexity index is 682.